The molecular formula is C20H22N4O2. The van der Waals surface area contributed by atoms with Crippen LogP contribution in [-0.2, 0) is 0 Å². The van der Waals surface area contributed by atoms with E-state index in [0.29, 0.717) is 43.0 Å². The number of benzene rings is 1. The molecule has 26 heavy (non-hydrogen) atoms. The van der Waals surface area contributed by atoms with Crippen LogP contribution in [0.4, 0.5) is 0 Å². The second-order valence-corrected chi connectivity index (χ2v) is 7.04. The molecule has 0 radical (unpaired) electrons. The summed E-state index contributed by atoms with van der Waals surface area (Å²) in [6.07, 6.45) is 0.583. The Kier molecular flexibility index (Phi) is 5.03. The van der Waals surface area contributed by atoms with Gasteiger partial charge in [-0.25, -0.2) is 4.98 Å². The van der Waals surface area contributed by atoms with Crippen LogP contribution < -0.4 is 0 Å². The van der Waals surface area contributed by atoms with Crippen molar-refractivity contribution in [3.63, 3.8) is 0 Å². The highest BCUT2D eigenvalue weighted by Crippen LogP contribution is 2.24. The van der Waals surface area contributed by atoms with Gasteiger partial charge >= 0.3 is 0 Å². The molecule has 2 heterocycles. The minimum Gasteiger partial charge on any atom is -0.387 e. The van der Waals surface area contributed by atoms with Gasteiger partial charge in [0.15, 0.2) is 0 Å². The topological polar surface area (TPSA) is 80.5 Å². The summed E-state index contributed by atoms with van der Waals surface area (Å²) in [5, 5.41) is 19.6. The highest BCUT2D eigenvalue weighted by atomic mass is 16.3. The van der Waals surface area contributed by atoms with Gasteiger partial charge in [-0.05, 0) is 44.8 Å². The van der Waals surface area contributed by atoms with E-state index in [-0.39, 0.29) is 5.91 Å². The van der Waals surface area contributed by atoms with Gasteiger partial charge in [0.1, 0.15) is 11.8 Å². The number of nitrogens with zero attached hydrogens (tertiary/aromatic N) is 4. The van der Waals surface area contributed by atoms with Gasteiger partial charge in [-0.15, -0.1) is 0 Å². The molecule has 134 valence electrons. The Morgan fingerprint density at radius 1 is 1.31 bits per heavy atom. The molecule has 0 bridgehead atoms. The Morgan fingerprint density at radius 3 is 2.69 bits per heavy atom. The lowest BCUT2D eigenvalue weighted by atomic mass is 10.0. The number of aliphatic hydroxyl groups is 1. The first-order valence-electron chi connectivity index (χ1n) is 8.54. The summed E-state index contributed by atoms with van der Waals surface area (Å²) in [4.78, 5) is 20.6. The van der Waals surface area contributed by atoms with Crippen LogP contribution in [0.5, 0.6) is 0 Å². The van der Waals surface area contributed by atoms with Crippen LogP contribution in [0.1, 0.15) is 22.5 Å². The average Bonchev–Trinajstić information content (AvgIpc) is 3.02. The van der Waals surface area contributed by atoms with Crippen molar-refractivity contribution in [3.05, 3.63) is 53.7 Å². The first-order valence-corrected chi connectivity index (χ1v) is 8.54. The number of carbonyl (C=O) groups excluding carboxylic acids is 1. The Balaban J connectivity index is 1.73. The molecular weight excluding hydrogens is 328 g/mol. The summed E-state index contributed by atoms with van der Waals surface area (Å²) >= 11 is 0. The molecule has 1 N–H and O–H groups in total. The van der Waals surface area contributed by atoms with Crippen LogP contribution in [0.25, 0.3) is 11.3 Å². The van der Waals surface area contributed by atoms with E-state index < -0.39 is 5.60 Å². The van der Waals surface area contributed by atoms with E-state index in [0.717, 1.165) is 5.56 Å². The highest BCUT2D eigenvalue weighted by molar-refractivity contribution is 5.95. The fourth-order valence-electron chi connectivity index (χ4n) is 3.37. The van der Waals surface area contributed by atoms with Crippen molar-refractivity contribution >= 4 is 5.91 Å². The zero-order valence-corrected chi connectivity index (χ0v) is 15.0. The fourth-order valence-corrected chi connectivity index (χ4v) is 3.37. The van der Waals surface area contributed by atoms with Gasteiger partial charge in [0, 0.05) is 24.2 Å². The van der Waals surface area contributed by atoms with Crippen molar-refractivity contribution in [1.29, 1.82) is 5.26 Å². The van der Waals surface area contributed by atoms with Gasteiger partial charge in [0.25, 0.3) is 5.91 Å². The number of amides is 1. The van der Waals surface area contributed by atoms with Crippen molar-refractivity contribution in [2.24, 2.45) is 0 Å². The summed E-state index contributed by atoms with van der Waals surface area (Å²) in [5.74, 6) is -0.0787. The number of likely N-dealkylation sites (N-methyl/N-ethyl adjacent to an activating group) is 1. The lowest BCUT2D eigenvalue weighted by molar-refractivity contribution is 0.0236. The molecule has 1 aromatic carbocycles. The number of β-amino-alcohol motifs (C(OH)–C–C–N with tert-alkyl or cyclic N) is 1. The zero-order valence-electron chi connectivity index (χ0n) is 15.0. The molecule has 3 rings (SSSR count). The maximum atomic E-state index is 12.7. The van der Waals surface area contributed by atoms with Crippen molar-refractivity contribution in [1.82, 2.24) is 14.8 Å². The quantitative estimate of drug-likeness (QED) is 0.909. The third-order valence-corrected chi connectivity index (χ3v) is 4.52. The minimum absolute atomic E-state index is 0.0787. The summed E-state index contributed by atoms with van der Waals surface area (Å²) in [5.41, 5.74) is 1.65. The Labute approximate surface area is 153 Å². The fraction of sp³-hybridized carbons (Fsp3) is 0.350. The van der Waals surface area contributed by atoms with E-state index in [1.54, 1.807) is 29.2 Å². The Bertz CT molecular complexity index is 842. The predicted octanol–water partition coefficient (Wildman–Crippen LogP) is 1.76. The molecule has 0 saturated carbocycles. The van der Waals surface area contributed by atoms with Crippen LogP contribution in [-0.4, -0.2) is 65.1 Å². The number of nitriles is 1. The largest absolute Gasteiger partial charge is 0.387 e. The smallest absolute Gasteiger partial charge is 0.253 e. The SMILES string of the molecule is CN(C)C[C@@]1(O)CCN(C(=O)c2ccc(-c3cccc(C#N)n3)cc2)C1. The summed E-state index contributed by atoms with van der Waals surface area (Å²) in [6.45, 7) is 1.44. The van der Waals surface area contributed by atoms with Crippen LogP contribution in [0.3, 0.4) is 0 Å². The van der Waals surface area contributed by atoms with Gasteiger partial charge < -0.3 is 14.9 Å². The van der Waals surface area contributed by atoms with Crippen molar-refractivity contribution in [2.45, 2.75) is 12.0 Å². The number of hydrogen-bond donors (Lipinski definition) is 1. The predicted molar refractivity (Wildman–Crippen MR) is 98.4 cm³/mol. The van der Waals surface area contributed by atoms with Gasteiger partial charge in [-0.3, -0.25) is 4.79 Å². The zero-order chi connectivity index (χ0) is 18.7. The van der Waals surface area contributed by atoms with Crippen molar-refractivity contribution in [2.75, 3.05) is 33.7 Å². The summed E-state index contributed by atoms with van der Waals surface area (Å²) < 4.78 is 0. The molecule has 0 aliphatic carbocycles. The molecule has 1 aromatic heterocycles. The highest BCUT2D eigenvalue weighted by Gasteiger charge is 2.38. The van der Waals surface area contributed by atoms with Crippen LogP contribution in [0.2, 0.25) is 0 Å². The molecule has 6 heteroatoms. The lowest BCUT2D eigenvalue weighted by Crippen LogP contribution is -2.43. The average molecular weight is 350 g/mol. The monoisotopic (exact) mass is 350 g/mol. The van der Waals surface area contributed by atoms with Crippen molar-refractivity contribution < 1.29 is 9.90 Å². The molecule has 1 atom stereocenters. The van der Waals surface area contributed by atoms with E-state index in [9.17, 15) is 9.90 Å². The van der Waals surface area contributed by atoms with E-state index in [4.69, 9.17) is 5.26 Å². The Morgan fingerprint density at radius 2 is 2.04 bits per heavy atom. The molecule has 0 unspecified atom stereocenters. The standard InChI is InChI=1S/C20H22N4O2/c1-23(2)13-20(26)10-11-24(14-20)19(25)16-8-6-15(7-9-16)18-5-3-4-17(12-21)22-18/h3-9,26H,10-11,13-14H2,1-2H3/t20-/m0/s1. The number of likely N-dealkylation sites (tertiary alicyclic amines) is 1. The van der Waals surface area contributed by atoms with Crippen molar-refractivity contribution in [3.8, 4) is 17.3 Å². The summed E-state index contributed by atoms with van der Waals surface area (Å²) in [6, 6.07) is 14.5. The number of hydrogen-bond acceptors (Lipinski definition) is 5. The van der Waals surface area contributed by atoms with Crippen LogP contribution >= 0.6 is 0 Å². The second kappa shape index (κ2) is 7.24. The molecule has 1 aliphatic heterocycles. The molecule has 1 aliphatic rings. The second-order valence-electron chi connectivity index (χ2n) is 7.04. The molecule has 1 saturated heterocycles. The minimum atomic E-state index is -0.846. The maximum Gasteiger partial charge on any atom is 0.253 e. The third-order valence-electron chi connectivity index (χ3n) is 4.52. The van der Waals surface area contributed by atoms with Gasteiger partial charge in [0.05, 0.1) is 17.8 Å². The molecule has 1 fully saturated rings. The normalized spacial score (nSPS) is 19.6. The maximum absolute atomic E-state index is 12.7. The lowest BCUT2D eigenvalue weighted by Gasteiger charge is -2.26. The number of aromatic nitrogens is 1. The van der Waals surface area contributed by atoms with Gasteiger partial charge in [-0.1, -0.05) is 18.2 Å². The number of carbonyl (C=O) groups is 1. The van der Waals surface area contributed by atoms with Gasteiger partial charge in [0.2, 0.25) is 0 Å². The van der Waals surface area contributed by atoms with Gasteiger partial charge in [-0.2, -0.15) is 5.26 Å². The van der Waals surface area contributed by atoms with E-state index in [1.165, 1.54) is 0 Å². The molecule has 2 aromatic rings. The summed E-state index contributed by atoms with van der Waals surface area (Å²) in [7, 11) is 3.83. The van der Waals surface area contributed by atoms with E-state index in [1.807, 2.05) is 43.3 Å². The first-order chi connectivity index (χ1) is 12.4. The van der Waals surface area contributed by atoms with E-state index in [2.05, 4.69) is 4.98 Å². The third kappa shape index (κ3) is 3.90. The first kappa shape index (κ1) is 18.1. The van der Waals surface area contributed by atoms with Crippen LogP contribution in [0.15, 0.2) is 42.5 Å². The Hall–Kier alpha value is -2.75. The van der Waals surface area contributed by atoms with E-state index >= 15 is 0 Å². The number of rotatable bonds is 4. The van der Waals surface area contributed by atoms with Crippen LogP contribution in [0, 0.1) is 11.3 Å². The molecule has 0 spiro atoms. The number of pyridine rings is 1. The molecule has 1 amide bonds. The molecule has 6 nitrogen and oxygen atoms in total.